The Morgan fingerprint density at radius 2 is 2.15 bits per heavy atom. The number of rotatable bonds is 5. The summed E-state index contributed by atoms with van der Waals surface area (Å²) in [4.78, 5) is 10.6. The summed E-state index contributed by atoms with van der Waals surface area (Å²) in [7, 11) is 0. The summed E-state index contributed by atoms with van der Waals surface area (Å²) in [5.74, 6) is 0.628. The smallest absolute Gasteiger partial charge is 0.272 e. The molecule has 2 rings (SSSR count). The number of benzene rings is 1. The molecule has 110 valence electrons. The summed E-state index contributed by atoms with van der Waals surface area (Å²) in [6, 6.07) is 5.66. The van der Waals surface area contributed by atoms with Gasteiger partial charge in [-0.3, -0.25) is 10.1 Å². The van der Waals surface area contributed by atoms with Crippen LogP contribution in [0.25, 0.3) is 0 Å². The van der Waals surface area contributed by atoms with Crippen molar-refractivity contribution in [3.63, 3.8) is 0 Å². The fraction of sp³-hybridized carbons (Fsp3) is 0.600. The standard InChI is InChI=1S/C15H22N2O3/c1-11-14(4-3-5-15(11)17(18)19)10-16-12(2)13-6-8-20-9-7-13/h3-5,12-13,16H,6-10H2,1-2H3/t12-/m0/s1. The van der Waals surface area contributed by atoms with Crippen LogP contribution in [-0.4, -0.2) is 24.2 Å². The van der Waals surface area contributed by atoms with Crippen molar-refractivity contribution in [2.24, 2.45) is 5.92 Å². The van der Waals surface area contributed by atoms with Crippen molar-refractivity contribution >= 4 is 5.69 Å². The molecule has 0 aromatic heterocycles. The number of nitrogens with one attached hydrogen (secondary N) is 1. The van der Waals surface area contributed by atoms with Gasteiger partial charge in [-0.2, -0.15) is 0 Å². The molecule has 1 heterocycles. The Bertz CT molecular complexity index is 470. The second-order valence-corrected chi connectivity index (χ2v) is 5.44. The lowest BCUT2D eigenvalue weighted by atomic mass is 9.92. The van der Waals surface area contributed by atoms with Crippen LogP contribution in [0.1, 0.15) is 30.9 Å². The van der Waals surface area contributed by atoms with Crippen molar-refractivity contribution < 1.29 is 9.66 Å². The van der Waals surface area contributed by atoms with E-state index in [-0.39, 0.29) is 10.6 Å². The van der Waals surface area contributed by atoms with E-state index in [0.29, 0.717) is 18.5 Å². The number of nitro groups is 1. The summed E-state index contributed by atoms with van der Waals surface area (Å²) < 4.78 is 5.37. The van der Waals surface area contributed by atoms with Crippen molar-refractivity contribution in [2.75, 3.05) is 13.2 Å². The maximum Gasteiger partial charge on any atom is 0.272 e. The molecule has 1 saturated heterocycles. The molecule has 0 amide bonds. The largest absolute Gasteiger partial charge is 0.381 e. The van der Waals surface area contributed by atoms with E-state index in [0.717, 1.165) is 37.2 Å². The second kappa shape index (κ2) is 6.81. The third kappa shape index (κ3) is 3.55. The monoisotopic (exact) mass is 278 g/mol. The first-order valence-electron chi connectivity index (χ1n) is 7.13. The van der Waals surface area contributed by atoms with E-state index >= 15 is 0 Å². The Morgan fingerprint density at radius 1 is 1.45 bits per heavy atom. The second-order valence-electron chi connectivity index (χ2n) is 5.44. The van der Waals surface area contributed by atoms with Crippen molar-refractivity contribution in [2.45, 2.75) is 39.3 Å². The molecule has 0 unspecified atom stereocenters. The van der Waals surface area contributed by atoms with E-state index in [1.54, 1.807) is 12.1 Å². The molecular weight excluding hydrogens is 256 g/mol. The number of nitro benzene ring substituents is 1. The van der Waals surface area contributed by atoms with Crippen molar-refractivity contribution in [1.29, 1.82) is 0 Å². The van der Waals surface area contributed by atoms with E-state index < -0.39 is 0 Å². The minimum absolute atomic E-state index is 0.197. The normalized spacial score (nSPS) is 17.9. The van der Waals surface area contributed by atoms with Crippen LogP contribution in [0.3, 0.4) is 0 Å². The van der Waals surface area contributed by atoms with Crippen LogP contribution in [0, 0.1) is 23.0 Å². The molecule has 0 saturated carbocycles. The highest BCUT2D eigenvalue weighted by Crippen LogP contribution is 2.22. The SMILES string of the molecule is Cc1c(CN[C@@H](C)C2CCOCC2)cccc1[N+](=O)[O-]. The highest BCUT2D eigenvalue weighted by molar-refractivity contribution is 5.44. The maximum absolute atomic E-state index is 10.9. The van der Waals surface area contributed by atoms with Gasteiger partial charge in [-0.15, -0.1) is 0 Å². The van der Waals surface area contributed by atoms with E-state index in [9.17, 15) is 10.1 Å². The zero-order valence-corrected chi connectivity index (χ0v) is 12.1. The van der Waals surface area contributed by atoms with E-state index in [1.807, 2.05) is 13.0 Å². The number of hydrogen-bond donors (Lipinski definition) is 1. The lowest BCUT2D eigenvalue weighted by Gasteiger charge is -2.28. The zero-order valence-electron chi connectivity index (χ0n) is 12.1. The van der Waals surface area contributed by atoms with Crippen molar-refractivity contribution in [3.05, 3.63) is 39.4 Å². The minimum Gasteiger partial charge on any atom is -0.381 e. The van der Waals surface area contributed by atoms with Gasteiger partial charge in [0, 0.05) is 37.4 Å². The molecule has 1 aliphatic rings. The molecule has 1 fully saturated rings. The lowest BCUT2D eigenvalue weighted by Crippen LogP contribution is -2.36. The highest BCUT2D eigenvalue weighted by atomic mass is 16.6. The average molecular weight is 278 g/mol. The van der Waals surface area contributed by atoms with E-state index in [4.69, 9.17) is 4.74 Å². The molecule has 0 aliphatic carbocycles. The number of hydrogen-bond acceptors (Lipinski definition) is 4. The molecule has 0 radical (unpaired) electrons. The van der Waals surface area contributed by atoms with Crippen LogP contribution in [0.2, 0.25) is 0 Å². The van der Waals surface area contributed by atoms with Gasteiger partial charge in [-0.25, -0.2) is 0 Å². The van der Waals surface area contributed by atoms with Crippen LogP contribution in [0.4, 0.5) is 5.69 Å². The Labute approximate surface area is 119 Å². The minimum atomic E-state index is -0.319. The van der Waals surface area contributed by atoms with Crippen molar-refractivity contribution in [1.82, 2.24) is 5.32 Å². The topological polar surface area (TPSA) is 64.4 Å². The molecule has 5 nitrogen and oxygen atoms in total. The lowest BCUT2D eigenvalue weighted by molar-refractivity contribution is -0.385. The molecule has 0 bridgehead atoms. The van der Waals surface area contributed by atoms with Crippen LogP contribution < -0.4 is 5.32 Å². The molecule has 1 aromatic carbocycles. The summed E-state index contributed by atoms with van der Waals surface area (Å²) in [5, 5.41) is 14.4. The van der Waals surface area contributed by atoms with Crippen LogP contribution >= 0.6 is 0 Å². The Hall–Kier alpha value is -1.46. The first-order valence-corrected chi connectivity index (χ1v) is 7.13. The van der Waals surface area contributed by atoms with Gasteiger partial charge in [-0.1, -0.05) is 12.1 Å². The number of nitrogens with zero attached hydrogens (tertiary/aromatic N) is 1. The van der Waals surface area contributed by atoms with Gasteiger partial charge in [0.25, 0.3) is 5.69 Å². The molecule has 20 heavy (non-hydrogen) atoms. The maximum atomic E-state index is 10.9. The van der Waals surface area contributed by atoms with Gasteiger partial charge in [0.2, 0.25) is 0 Å². The summed E-state index contributed by atoms with van der Waals surface area (Å²) in [6.45, 7) is 6.35. The van der Waals surface area contributed by atoms with Gasteiger partial charge < -0.3 is 10.1 Å². The van der Waals surface area contributed by atoms with Gasteiger partial charge in [0.1, 0.15) is 0 Å². The zero-order chi connectivity index (χ0) is 14.5. The number of ether oxygens (including phenoxy) is 1. The van der Waals surface area contributed by atoms with E-state index in [2.05, 4.69) is 12.2 Å². The fourth-order valence-corrected chi connectivity index (χ4v) is 2.71. The first kappa shape index (κ1) is 14.9. The predicted molar refractivity (Wildman–Crippen MR) is 77.7 cm³/mol. The highest BCUT2D eigenvalue weighted by Gasteiger charge is 2.20. The van der Waals surface area contributed by atoms with Crippen LogP contribution in [0.15, 0.2) is 18.2 Å². The quantitative estimate of drug-likeness (QED) is 0.664. The summed E-state index contributed by atoms with van der Waals surface area (Å²) in [5.41, 5.74) is 1.95. The molecule has 5 heteroatoms. The van der Waals surface area contributed by atoms with Gasteiger partial charge in [0.05, 0.1) is 4.92 Å². The third-order valence-electron chi connectivity index (χ3n) is 4.20. The first-order chi connectivity index (χ1) is 9.59. The fourth-order valence-electron chi connectivity index (χ4n) is 2.71. The Kier molecular flexibility index (Phi) is 5.09. The molecular formula is C15H22N2O3. The predicted octanol–water partition coefficient (Wildman–Crippen LogP) is 2.81. The summed E-state index contributed by atoms with van der Waals surface area (Å²) in [6.07, 6.45) is 2.17. The third-order valence-corrected chi connectivity index (χ3v) is 4.20. The van der Waals surface area contributed by atoms with Crippen LogP contribution in [0.5, 0.6) is 0 Å². The summed E-state index contributed by atoms with van der Waals surface area (Å²) >= 11 is 0. The average Bonchev–Trinajstić information content (AvgIpc) is 2.46. The Balaban J connectivity index is 1.96. The molecule has 1 aliphatic heterocycles. The molecule has 1 aromatic rings. The van der Waals surface area contributed by atoms with E-state index in [1.165, 1.54) is 0 Å². The van der Waals surface area contributed by atoms with Gasteiger partial charge >= 0.3 is 0 Å². The van der Waals surface area contributed by atoms with Gasteiger partial charge in [0.15, 0.2) is 0 Å². The van der Waals surface area contributed by atoms with Crippen LogP contribution in [-0.2, 0) is 11.3 Å². The molecule has 0 spiro atoms. The molecule has 1 N–H and O–H groups in total. The Morgan fingerprint density at radius 3 is 2.80 bits per heavy atom. The van der Waals surface area contributed by atoms with Gasteiger partial charge in [-0.05, 0) is 38.2 Å². The van der Waals surface area contributed by atoms with Crippen molar-refractivity contribution in [3.8, 4) is 0 Å². The molecule has 1 atom stereocenters.